The number of nitrogens with two attached hydrogens (primary N) is 1. The molecule has 2 rings (SSSR count). The van der Waals surface area contributed by atoms with Crippen molar-refractivity contribution in [2.75, 3.05) is 13.2 Å². The Bertz CT molecular complexity index is 507. The first kappa shape index (κ1) is 14.8. The van der Waals surface area contributed by atoms with Gasteiger partial charge in [-0.15, -0.1) is 0 Å². The minimum Gasteiger partial charge on any atom is -0.483 e. The second-order valence-electron chi connectivity index (χ2n) is 4.72. The second-order valence-corrected chi connectivity index (χ2v) is 5.57. The highest BCUT2D eigenvalue weighted by molar-refractivity contribution is 9.10. The number of para-hydroxylation sites is 1. The van der Waals surface area contributed by atoms with Gasteiger partial charge in [0.25, 0.3) is 5.91 Å². The fraction of sp³-hybridized carbons (Fsp3) is 0.429. The third-order valence-electron chi connectivity index (χ3n) is 3.34. The van der Waals surface area contributed by atoms with Crippen molar-refractivity contribution >= 4 is 27.7 Å². The Kier molecular flexibility index (Phi) is 5.00. The Labute approximate surface area is 126 Å². The summed E-state index contributed by atoms with van der Waals surface area (Å²) in [4.78, 5) is 25.1. The molecule has 0 spiro atoms. The number of ether oxygens (including phenoxy) is 1. The Balaban J connectivity index is 1.97. The Hall–Kier alpha value is -1.56. The Morgan fingerprint density at radius 1 is 1.35 bits per heavy atom. The summed E-state index contributed by atoms with van der Waals surface area (Å²) in [6.45, 7) is 0.470. The number of likely N-dealkylation sites (tertiary alicyclic amines) is 1. The standard InChI is InChI=1S/C14H17BrN2O3/c15-10-5-1-2-7-12(10)20-9-13(18)17-8-4-3-6-11(17)14(16)19/h1-2,5,7,11H,3-4,6,8-9H2,(H2,16,19). The zero-order valence-electron chi connectivity index (χ0n) is 11.0. The number of amides is 2. The van der Waals surface area contributed by atoms with Crippen LogP contribution < -0.4 is 10.5 Å². The summed E-state index contributed by atoms with van der Waals surface area (Å²) < 4.78 is 6.28. The van der Waals surface area contributed by atoms with Crippen molar-refractivity contribution in [2.24, 2.45) is 5.73 Å². The van der Waals surface area contributed by atoms with Crippen LogP contribution in [0.4, 0.5) is 0 Å². The lowest BCUT2D eigenvalue weighted by Gasteiger charge is -2.33. The van der Waals surface area contributed by atoms with E-state index in [2.05, 4.69) is 15.9 Å². The van der Waals surface area contributed by atoms with Gasteiger partial charge in [0.05, 0.1) is 4.47 Å². The molecule has 1 heterocycles. The summed E-state index contributed by atoms with van der Waals surface area (Å²) in [6.07, 6.45) is 2.45. The molecule has 0 aromatic heterocycles. The minimum atomic E-state index is -0.501. The first-order chi connectivity index (χ1) is 9.59. The summed E-state index contributed by atoms with van der Waals surface area (Å²) >= 11 is 3.35. The van der Waals surface area contributed by atoms with E-state index in [1.54, 1.807) is 6.07 Å². The van der Waals surface area contributed by atoms with Crippen LogP contribution in [-0.2, 0) is 9.59 Å². The molecule has 1 aliphatic rings. The number of hydrogen-bond donors (Lipinski definition) is 1. The smallest absolute Gasteiger partial charge is 0.261 e. The highest BCUT2D eigenvalue weighted by Gasteiger charge is 2.30. The molecule has 1 fully saturated rings. The van der Waals surface area contributed by atoms with Crippen molar-refractivity contribution in [2.45, 2.75) is 25.3 Å². The predicted molar refractivity (Wildman–Crippen MR) is 78.2 cm³/mol. The molecule has 2 N–H and O–H groups in total. The van der Waals surface area contributed by atoms with Crippen molar-refractivity contribution < 1.29 is 14.3 Å². The van der Waals surface area contributed by atoms with Crippen molar-refractivity contribution in [1.29, 1.82) is 0 Å². The molecule has 0 aliphatic carbocycles. The molecule has 0 bridgehead atoms. The largest absolute Gasteiger partial charge is 0.483 e. The lowest BCUT2D eigenvalue weighted by Crippen LogP contribution is -2.51. The maximum Gasteiger partial charge on any atom is 0.261 e. The topological polar surface area (TPSA) is 72.6 Å². The van der Waals surface area contributed by atoms with Gasteiger partial charge in [0, 0.05) is 6.54 Å². The quantitative estimate of drug-likeness (QED) is 0.906. The number of carbonyl (C=O) groups is 2. The zero-order chi connectivity index (χ0) is 14.5. The molecule has 20 heavy (non-hydrogen) atoms. The number of halogens is 1. The molecule has 6 heteroatoms. The van der Waals surface area contributed by atoms with Gasteiger partial charge < -0.3 is 15.4 Å². The van der Waals surface area contributed by atoms with Crippen molar-refractivity contribution in [3.63, 3.8) is 0 Å². The summed E-state index contributed by atoms with van der Waals surface area (Å²) in [5.74, 6) is -0.0447. The monoisotopic (exact) mass is 340 g/mol. The van der Waals surface area contributed by atoms with E-state index in [1.807, 2.05) is 18.2 Å². The van der Waals surface area contributed by atoms with Crippen molar-refractivity contribution in [3.8, 4) is 5.75 Å². The van der Waals surface area contributed by atoms with E-state index in [0.717, 1.165) is 17.3 Å². The van der Waals surface area contributed by atoms with Crippen LogP contribution in [0.1, 0.15) is 19.3 Å². The van der Waals surface area contributed by atoms with Gasteiger partial charge in [-0.3, -0.25) is 9.59 Å². The molecule has 108 valence electrons. The molecule has 1 unspecified atom stereocenters. The predicted octanol–water partition coefficient (Wildman–Crippen LogP) is 1.69. The van der Waals surface area contributed by atoms with Crippen molar-refractivity contribution in [1.82, 2.24) is 4.90 Å². The molecule has 2 amide bonds. The molecule has 5 nitrogen and oxygen atoms in total. The maximum absolute atomic E-state index is 12.2. The maximum atomic E-state index is 12.2. The van der Waals surface area contributed by atoms with E-state index in [-0.39, 0.29) is 12.5 Å². The lowest BCUT2D eigenvalue weighted by atomic mass is 10.0. The third kappa shape index (κ3) is 3.50. The number of nitrogens with zero attached hydrogens (tertiary/aromatic N) is 1. The number of carbonyl (C=O) groups excluding carboxylic acids is 2. The number of hydrogen-bond acceptors (Lipinski definition) is 3. The zero-order valence-corrected chi connectivity index (χ0v) is 12.6. The summed E-state index contributed by atoms with van der Waals surface area (Å²) in [5.41, 5.74) is 5.35. The van der Waals surface area contributed by atoms with Crippen LogP contribution in [0, 0.1) is 0 Å². The Morgan fingerprint density at radius 3 is 2.80 bits per heavy atom. The van der Waals surface area contributed by atoms with Gasteiger partial charge in [-0.2, -0.15) is 0 Å². The van der Waals surface area contributed by atoms with Crippen LogP contribution in [0.2, 0.25) is 0 Å². The van der Waals surface area contributed by atoms with Crippen LogP contribution in [0.15, 0.2) is 28.7 Å². The number of benzene rings is 1. The SMILES string of the molecule is NC(=O)C1CCCCN1C(=O)COc1ccccc1Br. The van der Waals surface area contributed by atoms with E-state index in [4.69, 9.17) is 10.5 Å². The molecule has 1 saturated heterocycles. The van der Waals surface area contributed by atoms with Crippen LogP contribution >= 0.6 is 15.9 Å². The average Bonchev–Trinajstić information content (AvgIpc) is 2.46. The van der Waals surface area contributed by atoms with Gasteiger partial charge in [-0.25, -0.2) is 0 Å². The van der Waals surface area contributed by atoms with Crippen LogP contribution in [0.25, 0.3) is 0 Å². The summed E-state index contributed by atoms with van der Waals surface area (Å²) in [5, 5.41) is 0. The normalized spacial score (nSPS) is 18.6. The second kappa shape index (κ2) is 6.74. The van der Waals surface area contributed by atoms with E-state index in [9.17, 15) is 9.59 Å². The average molecular weight is 341 g/mol. The van der Waals surface area contributed by atoms with Crippen LogP contribution in [0.3, 0.4) is 0 Å². The summed E-state index contributed by atoms with van der Waals surface area (Å²) in [6, 6.07) is 6.81. The summed E-state index contributed by atoms with van der Waals surface area (Å²) in [7, 11) is 0. The molecule has 0 radical (unpaired) electrons. The Morgan fingerprint density at radius 2 is 2.10 bits per heavy atom. The van der Waals surface area contributed by atoms with E-state index in [0.29, 0.717) is 18.7 Å². The van der Waals surface area contributed by atoms with E-state index in [1.165, 1.54) is 4.90 Å². The van der Waals surface area contributed by atoms with Gasteiger partial charge in [0.1, 0.15) is 11.8 Å². The molecule has 1 aromatic rings. The highest BCUT2D eigenvalue weighted by atomic mass is 79.9. The fourth-order valence-electron chi connectivity index (χ4n) is 2.31. The van der Waals surface area contributed by atoms with Crippen LogP contribution in [-0.4, -0.2) is 35.9 Å². The number of rotatable bonds is 4. The highest BCUT2D eigenvalue weighted by Crippen LogP contribution is 2.24. The van der Waals surface area contributed by atoms with Gasteiger partial charge >= 0.3 is 0 Å². The van der Waals surface area contributed by atoms with Gasteiger partial charge in [0.15, 0.2) is 6.61 Å². The van der Waals surface area contributed by atoms with Crippen LogP contribution in [0.5, 0.6) is 5.75 Å². The van der Waals surface area contributed by atoms with E-state index >= 15 is 0 Å². The molecule has 1 aliphatic heterocycles. The van der Waals surface area contributed by atoms with Gasteiger partial charge in [-0.05, 0) is 47.3 Å². The fourth-order valence-corrected chi connectivity index (χ4v) is 2.71. The minimum absolute atomic E-state index is 0.0909. The lowest BCUT2D eigenvalue weighted by molar-refractivity contribution is -0.142. The molecular weight excluding hydrogens is 324 g/mol. The number of piperidine rings is 1. The molecule has 0 saturated carbocycles. The van der Waals surface area contributed by atoms with Gasteiger partial charge in [0.2, 0.25) is 5.91 Å². The molecular formula is C14H17BrN2O3. The van der Waals surface area contributed by atoms with E-state index < -0.39 is 11.9 Å². The molecule has 1 atom stereocenters. The first-order valence-electron chi connectivity index (χ1n) is 6.55. The number of primary amides is 1. The molecule has 1 aromatic carbocycles. The first-order valence-corrected chi connectivity index (χ1v) is 7.35. The van der Waals surface area contributed by atoms with Gasteiger partial charge in [-0.1, -0.05) is 12.1 Å². The van der Waals surface area contributed by atoms with Crippen molar-refractivity contribution in [3.05, 3.63) is 28.7 Å². The third-order valence-corrected chi connectivity index (χ3v) is 3.99.